The fraction of sp³-hybridized carbons (Fsp3) is 1.00. The van der Waals surface area contributed by atoms with E-state index in [4.69, 9.17) is 0 Å². The van der Waals surface area contributed by atoms with Crippen LogP contribution in [0.3, 0.4) is 0 Å². The first kappa shape index (κ1) is 15.3. The van der Waals surface area contributed by atoms with E-state index in [0.29, 0.717) is 0 Å². The lowest BCUT2D eigenvalue weighted by Gasteiger charge is -2.42. The first-order chi connectivity index (χ1) is 9.10. The van der Waals surface area contributed by atoms with Crippen LogP contribution >= 0.6 is 0 Å². The second-order valence-electron chi connectivity index (χ2n) is 7.07. The summed E-state index contributed by atoms with van der Waals surface area (Å²) in [6.45, 7) is 11.2. The molecular weight excluding hydrogens is 234 g/mol. The average molecular weight is 267 g/mol. The fourth-order valence-corrected chi connectivity index (χ4v) is 4.13. The van der Waals surface area contributed by atoms with Crippen LogP contribution in [0.4, 0.5) is 0 Å². The first-order valence-electron chi connectivity index (χ1n) is 8.18. The molecule has 1 N–H and O–H groups in total. The molecule has 1 heterocycles. The van der Waals surface area contributed by atoms with Crippen LogP contribution in [0.15, 0.2) is 0 Å². The lowest BCUT2D eigenvalue weighted by Crippen LogP contribution is -2.48. The molecule has 1 saturated carbocycles. The molecule has 0 aromatic carbocycles. The van der Waals surface area contributed by atoms with Crippen LogP contribution < -0.4 is 5.32 Å². The van der Waals surface area contributed by atoms with Crippen molar-refractivity contribution in [2.45, 2.75) is 39.2 Å². The highest BCUT2D eigenvalue weighted by molar-refractivity contribution is 4.89. The molecule has 0 aromatic rings. The van der Waals surface area contributed by atoms with Gasteiger partial charge in [0.15, 0.2) is 0 Å². The third-order valence-electron chi connectivity index (χ3n) is 5.33. The highest BCUT2D eigenvalue weighted by Crippen LogP contribution is 2.34. The third kappa shape index (κ3) is 4.17. The molecule has 19 heavy (non-hydrogen) atoms. The molecule has 4 atom stereocenters. The Morgan fingerprint density at radius 2 is 1.84 bits per heavy atom. The van der Waals surface area contributed by atoms with E-state index in [1.165, 1.54) is 52.0 Å². The quantitative estimate of drug-likeness (QED) is 0.842. The van der Waals surface area contributed by atoms with Crippen LogP contribution in [-0.2, 0) is 0 Å². The summed E-state index contributed by atoms with van der Waals surface area (Å²) < 4.78 is 0. The van der Waals surface area contributed by atoms with Crippen molar-refractivity contribution in [3.8, 4) is 0 Å². The van der Waals surface area contributed by atoms with Gasteiger partial charge in [-0.05, 0) is 64.2 Å². The van der Waals surface area contributed by atoms with E-state index in [1.54, 1.807) is 0 Å². The van der Waals surface area contributed by atoms with E-state index in [-0.39, 0.29) is 0 Å². The maximum atomic E-state index is 3.59. The second kappa shape index (κ2) is 7.05. The van der Waals surface area contributed by atoms with Crippen LogP contribution in [0, 0.1) is 17.8 Å². The molecule has 1 aliphatic carbocycles. The van der Waals surface area contributed by atoms with E-state index in [1.807, 2.05) is 0 Å². The Bertz CT molecular complexity index is 269. The zero-order valence-corrected chi connectivity index (χ0v) is 13.4. The molecule has 2 rings (SSSR count). The number of hydrogen-bond donors (Lipinski definition) is 1. The van der Waals surface area contributed by atoms with Crippen molar-refractivity contribution in [3.63, 3.8) is 0 Å². The van der Waals surface area contributed by atoms with Crippen molar-refractivity contribution >= 4 is 0 Å². The Morgan fingerprint density at radius 1 is 1.05 bits per heavy atom. The monoisotopic (exact) mass is 267 g/mol. The van der Waals surface area contributed by atoms with Gasteiger partial charge in [-0.1, -0.05) is 13.8 Å². The average Bonchev–Trinajstić information content (AvgIpc) is 2.57. The zero-order valence-electron chi connectivity index (χ0n) is 13.4. The summed E-state index contributed by atoms with van der Waals surface area (Å²) in [6, 6.07) is 0.722. The van der Waals surface area contributed by atoms with Crippen molar-refractivity contribution in [1.82, 2.24) is 15.1 Å². The molecule has 2 aliphatic rings. The molecule has 0 radical (unpaired) electrons. The molecule has 1 aliphatic heterocycles. The number of rotatable bonds is 3. The van der Waals surface area contributed by atoms with Gasteiger partial charge in [0.2, 0.25) is 0 Å². The van der Waals surface area contributed by atoms with Crippen molar-refractivity contribution in [2.24, 2.45) is 17.8 Å². The van der Waals surface area contributed by atoms with Gasteiger partial charge in [-0.3, -0.25) is 0 Å². The third-order valence-corrected chi connectivity index (χ3v) is 5.33. The molecule has 1 saturated heterocycles. The smallest absolute Gasteiger partial charge is 0.0110 e. The van der Waals surface area contributed by atoms with E-state index < -0.39 is 0 Å². The van der Waals surface area contributed by atoms with E-state index >= 15 is 0 Å². The molecule has 3 heteroatoms. The highest BCUT2D eigenvalue weighted by atomic mass is 15.2. The van der Waals surface area contributed by atoms with Gasteiger partial charge in [0.1, 0.15) is 0 Å². The van der Waals surface area contributed by atoms with Crippen LogP contribution in [0.2, 0.25) is 0 Å². The van der Waals surface area contributed by atoms with Crippen LogP contribution in [0.5, 0.6) is 0 Å². The summed E-state index contributed by atoms with van der Waals surface area (Å²) in [5, 5.41) is 3.59. The summed E-state index contributed by atoms with van der Waals surface area (Å²) in [5.74, 6) is 2.59. The summed E-state index contributed by atoms with van der Waals surface area (Å²) in [6.07, 6.45) is 4.11. The van der Waals surface area contributed by atoms with Gasteiger partial charge < -0.3 is 15.1 Å². The predicted octanol–water partition coefficient (Wildman–Crippen LogP) is 1.89. The summed E-state index contributed by atoms with van der Waals surface area (Å²) in [7, 11) is 4.41. The van der Waals surface area contributed by atoms with Gasteiger partial charge in [0.25, 0.3) is 0 Å². The minimum absolute atomic E-state index is 0.722. The molecule has 3 nitrogen and oxygen atoms in total. The number of nitrogens with zero attached hydrogens (tertiary/aromatic N) is 2. The van der Waals surface area contributed by atoms with Crippen molar-refractivity contribution in [1.29, 1.82) is 0 Å². The maximum absolute atomic E-state index is 3.59. The highest BCUT2D eigenvalue weighted by Gasteiger charge is 2.34. The fourth-order valence-electron chi connectivity index (χ4n) is 4.13. The Labute approximate surface area is 119 Å². The molecular formula is C16H33N3. The van der Waals surface area contributed by atoms with Crippen molar-refractivity contribution < 1.29 is 0 Å². The maximum Gasteiger partial charge on any atom is 0.0110 e. The normalized spacial score (nSPS) is 39.2. The number of nitrogens with one attached hydrogen (secondary N) is 1. The Balaban J connectivity index is 1.91. The molecule has 0 aromatic heterocycles. The Kier molecular flexibility index (Phi) is 5.67. The van der Waals surface area contributed by atoms with Crippen LogP contribution in [0.1, 0.15) is 33.1 Å². The minimum Gasteiger partial charge on any atom is -0.317 e. The van der Waals surface area contributed by atoms with E-state index in [0.717, 1.165) is 23.8 Å². The predicted molar refractivity (Wildman–Crippen MR) is 82.5 cm³/mol. The summed E-state index contributed by atoms with van der Waals surface area (Å²) >= 11 is 0. The van der Waals surface area contributed by atoms with Gasteiger partial charge in [0, 0.05) is 25.7 Å². The van der Waals surface area contributed by atoms with E-state index in [9.17, 15) is 0 Å². The largest absolute Gasteiger partial charge is 0.317 e. The summed E-state index contributed by atoms with van der Waals surface area (Å²) in [4.78, 5) is 5.19. The Morgan fingerprint density at radius 3 is 2.58 bits per heavy atom. The van der Waals surface area contributed by atoms with Gasteiger partial charge in [0.05, 0.1) is 0 Å². The topological polar surface area (TPSA) is 18.5 Å². The SMILES string of the molecule is CNC1CC(C)CC(C)C1CN1CCCN(C)CC1. The van der Waals surface area contributed by atoms with E-state index in [2.05, 4.69) is 43.1 Å². The molecule has 0 bridgehead atoms. The summed E-state index contributed by atoms with van der Waals surface area (Å²) in [5.41, 5.74) is 0. The van der Waals surface area contributed by atoms with Crippen molar-refractivity contribution in [3.05, 3.63) is 0 Å². The molecule has 0 amide bonds. The van der Waals surface area contributed by atoms with Gasteiger partial charge in [-0.15, -0.1) is 0 Å². The number of hydrogen-bond acceptors (Lipinski definition) is 3. The molecule has 4 unspecified atom stereocenters. The lowest BCUT2D eigenvalue weighted by atomic mass is 9.72. The molecule has 112 valence electrons. The van der Waals surface area contributed by atoms with Crippen molar-refractivity contribution in [2.75, 3.05) is 46.8 Å². The van der Waals surface area contributed by atoms with Crippen LogP contribution in [-0.4, -0.2) is 62.7 Å². The lowest BCUT2D eigenvalue weighted by molar-refractivity contribution is 0.106. The molecule has 0 spiro atoms. The standard InChI is InChI=1S/C16H33N3/c1-13-10-14(2)15(16(11-13)17-3)12-19-7-5-6-18(4)8-9-19/h13-17H,5-12H2,1-4H3. The van der Waals surface area contributed by atoms with Crippen LogP contribution in [0.25, 0.3) is 0 Å². The second-order valence-corrected chi connectivity index (χ2v) is 7.07. The Hall–Kier alpha value is -0.120. The minimum atomic E-state index is 0.722. The van der Waals surface area contributed by atoms with Gasteiger partial charge >= 0.3 is 0 Å². The van der Waals surface area contributed by atoms with Gasteiger partial charge in [-0.25, -0.2) is 0 Å². The zero-order chi connectivity index (χ0) is 13.8. The first-order valence-corrected chi connectivity index (χ1v) is 8.18. The molecule has 2 fully saturated rings. The van der Waals surface area contributed by atoms with Gasteiger partial charge in [-0.2, -0.15) is 0 Å². The number of likely N-dealkylation sites (N-methyl/N-ethyl adjacent to an activating group) is 1.